The smallest absolute Gasteiger partial charge is 0.144 e. The van der Waals surface area contributed by atoms with Crippen molar-refractivity contribution in [2.45, 2.75) is 12.8 Å². The van der Waals surface area contributed by atoms with Gasteiger partial charge >= 0.3 is 0 Å². The van der Waals surface area contributed by atoms with Gasteiger partial charge in [0.2, 0.25) is 0 Å². The van der Waals surface area contributed by atoms with E-state index in [-0.39, 0.29) is 0 Å². The molecule has 0 bridgehead atoms. The lowest BCUT2D eigenvalue weighted by atomic mass is 10.0. The van der Waals surface area contributed by atoms with E-state index in [9.17, 15) is 0 Å². The van der Waals surface area contributed by atoms with Crippen LogP contribution in [0.3, 0.4) is 0 Å². The molecule has 0 aliphatic carbocycles. The van der Waals surface area contributed by atoms with Crippen molar-refractivity contribution in [3.63, 3.8) is 0 Å². The highest BCUT2D eigenvalue weighted by molar-refractivity contribution is 5.46. The molecule has 0 spiro atoms. The lowest BCUT2D eigenvalue weighted by Gasteiger charge is -2.07. The van der Waals surface area contributed by atoms with E-state index in [0.29, 0.717) is 0 Å². The fourth-order valence-corrected chi connectivity index (χ4v) is 2.64. The number of nitrogens with one attached hydrogen (secondary N) is 1. The van der Waals surface area contributed by atoms with Gasteiger partial charge in [0.15, 0.2) is 0 Å². The van der Waals surface area contributed by atoms with Crippen molar-refractivity contribution in [1.82, 2.24) is 15.1 Å². The number of para-hydroxylation sites is 2. The number of benzene rings is 1. The summed E-state index contributed by atoms with van der Waals surface area (Å²) in [6, 6.07) is 7.95. The summed E-state index contributed by atoms with van der Waals surface area (Å²) in [7, 11) is 1.69. The SMILES string of the molecule is COc1ccccc1-n1cc(CC2CCNC2)cn1. The molecule has 1 saturated heterocycles. The van der Waals surface area contributed by atoms with Crippen LogP contribution in [0, 0.1) is 5.92 Å². The number of aromatic nitrogens is 2. The lowest BCUT2D eigenvalue weighted by molar-refractivity contribution is 0.411. The molecule has 1 fully saturated rings. The third kappa shape index (κ3) is 2.63. The molecule has 1 atom stereocenters. The van der Waals surface area contributed by atoms with E-state index in [2.05, 4.69) is 16.6 Å². The molecule has 1 aromatic heterocycles. The second-order valence-corrected chi connectivity index (χ2v) is 5.03. The third-order valence-corrected chi connectivity index (χ3v) is 3.65. The summed E-state index contributed by atoms with van der Waals surface area (Å²) in [6.07, 6.45) is 6.43. The number of rotatable bonds is 4. The number of hydrogen-bond acceptors (Lipinski definition) is 3. The van der Waals surface area contributed by atoms with Gasteiger partial charge in [0.1, 0.15) is 11.4 Å². The van der Waals surface area contributed by atoms with E-state index >= 15 is 0 Å². The highest BCUT2D eigenvalue weighted by Crippen LogP contribution is 2.22. The van der Waals surface area contributed by atoms with Crippen molar-refractivity contribution in [2.24, 2.45) is 5.92 Å². The van der Waals surface area contributed by atoms with Crippen molar-refractivity contribution in [2.75, 3.05) is 20.2 Å². The van der Waals surface area contributed by atoms with Crippen molar-refractivity contribution >= 4 is 0 Å². The second kappa shape index (κ2) is 5.45. The van der Waals surface area contributed by atoms with Gasteiger partial charge < -0.3 is 10.1 Å². The Bertz CT molecular complexity index is 544. The first kappa shape index (κ1) is 12.2. The fraction of sp³-hybridized carbons (Fsp3) is 0.400. The first-order chi connectivity index (χ1) is 9.36. The number of methoxy groups -OCH3 is 1. The van der Waals surface area contributed by atoms with Crippen LogP contribution in [0.4, 0.5) is 0 Å². The van der Waals surface area contributed by atoms with Crippen LogP contribution in [0.1, 0.15) is 12.0 Å². The number of ether oxygens (including phenoxy) is 1. The van der Waals surface area contributed by atoms with Gasteiger partial charge in [-0.25, -0.2) is 4.68 Å². The predicted molar refractivity (Wildman–Crippen MR) is 74.8 cm³/mol. The number of nitrogens with zero attached hydrogens (tertiary/aromatic N) is 2. The molecule has 100 valence electrons. The highest BCUT2D eigenvalue weighted by Gasteiger charge is 2.16. The average Bonchev–Trinajstić information content (AvgIpc) is 3.11. The minimum Gasteiger partial charge on any atom is -0.494 e. The van der Waals surface area contributed by atoms with Crippen molar-refractivity contribution < 1.29 is 4.74 Å². The van der Waals surface area contributed by atoms with Gasteiger partial charge in [-0.2, -0.15) is 5.10 Å². The summed E-state index contributed by atoms with van der Waals surface area (Å²) in [4.78, 5) is 0. The maximum atomic E-state index is 5.37. The van der Waals surface area contributed by atoms with Crippen LogP contribution in [-0.4, -0.2) is 30.0 Å². The molecule has 1 N–H and O–H groups in total. The van der Waals surface area contributed by atoms with E-state index < -0.39 is 0 Å². The van der Waals surface area contributed by atoms with E-state index in [1.807, 2.05) is 35.1 Å². The first-order valence-electron chi connectivity index (χ1n) is 6.74. The Morgan fingerprint density at radius 3 is 3.11 bits per heavy atom. The lowest BCUT2D eigenvalue weighted by Crippen LogP contribution is -2.10. The zero-order valence-corrected chi connectivity index (χ0v) is 11.2. The summed E-state index contributed by atoms with van der Waals surface area (Å²) >= 11 is 0. The van der Waals surface area contributed by atoms with Gasteiger partial charge in [-0.3, -0.25) is 0 Å². The van der Waals surface area contributed by atoms with E-state index in [1.54, 1.807) is 7.11 Å². The van der Waals surface area contributed by atoms with Crippen LogP contribution in [0.5, 0.6) is 5.75 Å². The molecule has 0 amide bonds. The zero-order chi connectivity index (χ0) is 13.1. The van der Waals surface area contributed by atoms with Gasteiger partial charge in [-0.05, 0) is 49.5 Å². The molecule has 1 aliphatic heterocycles. The van der Waals surface area contributed by atoms with Gasteiger partial charge in [0.25, 0.3) is 0 Å². The molecular formula is C15H19N3O. The van der Waals surface area contributed by atoms with Crippen LogP contribution in [-0.2, 0) is 6.42 Å². The Kier molecular flexibility index (Phi) is 3.51. The molecule has 4 nitrogen and oxygen atoms in total. The predicted octanol–water partition coefficient (Wildman–Crippen LogP) is 2.03. The summed E-state index contributed by atoms with van der Waals surface area (Å²) in [5.74, 6) is 1.59. The maximum absolute atomic E-state index is 5.37. The Morgan fingerprint density at radius 2 is 2.32 bits per heavy atom. The van der Waals surface area contributed by atoms with Gasteiger partial charge in [0, 0.05) is 6.20 Å². The standard InChI is InChI=1S/C15H19N3O/c1-19-15-5-3-2-4-14(15)18-11-13(10-17-18)8-12-6-7-16-9-12/h2-5,10-12,16H,6-9H2,1H3. The Balaban J connectivity index is 1.80. The Labute approximate surface area is 113 Å². The summed E-state index contributed by atoms with van der Waals surface area (Å²) in [5, 5.41) is 7.86. The molecular weight excluding hydrogens is 238 g/mol. The topological polar surface area (TPSA) is 39.1 Å². The summed E-state index contributed by atoms with van der Waals surface area (Å²) < 4.78 is 7.27. The van der Waals surface area contributed by atoms with Crippen molar-refractivity contribution in [3.05, 3.63) is 42.2 Å². The maximum Gasteiger partial charge on any atom is 0.144 e. The highest BCUT2D eigenvalue weighted by atomic mass is 16.5. The van der Waals surface area contributed by atoms with Crippen molar-refractivity contribution in [1.29, 1.82) is 0 Å². The molecule has 1 unspecified atom stereocenters. The van der Waals surface area contributed by atoms with Crippen molar-refractivity contribution in [3.8, 4) is 11.4 Å². The quantitative estimate of drug-likeness (QED) is 0.911. The van der Waals surface area contributed by atoms with E-state index in [4.69, 9.17) is 4.74 Å². The van der Waals surface area contributed by atoms with Gasteiger partial charge in [-0.15, -0.1) is 0 Å². The van der Waals surface area contributed by atoms with Crippen LogP contribution in [0.2, 0.25) is 0 Å². The molecule has 1 aromatic carbocycles. The molecule has 2 aromatic rings. The molecule has 1 aliphatic rings. The molecule has 19 heavy (non-hydrogen) atoms. The van der Waals surface area contributed by atoms with Crippen LogP contribution >= 0.6 is 0 Å². The van der Waals surface area contributed by atoms with Crippen LogP contribution in [0.25, 0.3) is 5.69 Å². The monoisotopic (exact) mass is 257 g/mol. The Morgan fingerprint density at radius 1 is 1.42 bits per heavy atom. The van der Waals surface area contributed by atoms with Gasteiger partial charge in [-0.1, -0.05) is 12.1 Å². The molecule has 4 heteroatoms. The van der Waals surface area contributed by atoms with Crippen LogP contribution < -0.4 is 10.1 Å². The summed E-state index contributed by atoms with van der Waals surface area (Å²) in [5.41, 5.74) is 2.28. The molecule has 0 saturated carbocycles. The minimum absolute atomic E-state index is 0.746. The minimum atomic E-state index is 0.746. The second-order valence-electron chi connectivity index (χ2n) is 5.03. The van der Waals surface area contributed by atoms with Gasteiger partial charge in [0.05, 0.1) is 13.3 Å². The van der Waals surface area contributed by atoms with Crippen LogP contribution in [0.15, 0.2) is 36.7 Å². The third-order valence-electron chi connectivity index (χ3n) is 3.65. The fourth-order valence-electron chi connectivity index (χ4n) is 2.64. The molecule has 2 heterocycles. The number of hydrogen-bond donors (Lipinski definition) is 1. The first-order valence-corrected chi connectivity index (χ1v) is 6.74. The summed E-state index contributed by atoms with van der Waals surface area (Å²) in [6.45, 7) is 2.27. The zero-order valence-electron chi connectivity index (χ0n) is 11.2. The van der Waals surface area contributed by atoms with E-state index in [1.165, 1.54) is 12.0 Å². The van der Waals surface area contributed by atoms with E-state index in [0.717, 1.165) is 36.9 Å². The normalized spacial score (nSPS) is 18.7. The largest absolute Gasteiger partial charge is 0.494 e. The molecule has 0 radical (unpaired) electrons. The molecule has 3 rings (SSSR count). The Hall–Kier alpha value is -1.81. The average molecular weight is 257 g/mol.